The van der Waals surface area contributed by atoms with E-state index in [-0.39, 0.29) is 5.41 Å². The molecule has 216 valence electrons. The standard InChI is InChI=1S/C40H45NO/c1-7-20-39(3,4)25-30-10-9-11-33-32(30)18-19-36-38(33)34-17-12-26(22-37(34)41-36)21-35(40(5,6)8-2)29-14-13-28-24-31(42)16-15-27(28)23-29/h9-19,22-24,35,41-42H,7-8,20-21,25H2,1-6H3. The Morgan fingerprint density at radius 2 is 1.50 bits per heavy atom. The molecular weight excluding hydrogens is 510 g/mol. The van der Waals surface area contributed by atoms with Crippen molar-refractivity contribution in [2.45, 2.75) is 79.6 Å². The van der Waals surface area contributed by atoms with Gasteiger partial charge in [0.25, 0.3) is 0 Å². The van der Waals surface area contributed by atoms with Crippen molar-refractivity contribution in [1.82, 2.24) is 4.98 Å². The quantitative estimate of drug-likeness (QED) is 0.183. The van der Waals surface area contributed by atoms with Gasteiger partial charge in [0.1, 0.15) is 5.75 Å². The molecule has 0 bridgehead atoms. The lowest BCUT2D eigenvalue weighted by Crippen LogP contribution is -2.23. The Labute approximate surface area is 250 Å². The number of aromatic nitrogens is 1. The van der Waals surface area contributed by atoms with Gasteiger partial charge in [-0.1, -0.05) is 115 Å². The van der Waals surface area contributed by atoms with Crippen LogP contribution in [0.15, 0.2) is 84.9 Å². The SMILES string of the molecule is CCCC(C)(C)Cc1cccc2c1ccc1[nH]c3cc(CC(c4ccc5cc(O)ccc5c4)C(C)(C)CC)ccc3c12. The van der Waals surface area contributed by atoms with E-state index in [9.17, 15) is 5.11 Å². The molecule has 0 spiro atoms. The first-order valence-corrected chi connectivity index (χ1v) is 15.8. The lowest BCUT2D eigenvalue weighted by atomic mass is 9.70. The van der Waals surface area contributed by atoms with E-state index in [2.05, 4.69) is 113 Å². The van der Waals surface area contributed by atoms with E-state index in [0.717, 1.165) is 24.6 Å². The molecule has 0 saturated heterocycles. The monoisotopic (exact) mass is 555 g/mol. The zero-order valence-corrected chi connectivity index (χ0v) is 26.1. The molecule has 0 saturated carbocycles. The molecule has 1 atom stereocenters. The van der Waals surface area contributed by atoms with Gasteiger partial charge in [-0.2, -0.15) is 0 Å². The third-order valence-corrected chi connectivity index (χ3v) is 9.91. The molecule has 2 nitrogen and oxygen atoms in total. The van der Waals surface area contributed by atoms with Crippen molar-refractivity contribution in [3.63, 3.8) is 0 Å². The average molecular weight is 556 g/mol. The molecule has 0 aliphatic carbocycles. The number of fused-ring (bicyclic) bond motifs is 6. The third kappa shape index (κ3) is 5.28. The molecular formula is C40H45NO. The summed E-state index contributed by atoms with van der Waals surface area (Å²) < 4.78 is 0. The van der Waals surface area contributed by atoms with E-state index in [4.69, 9.17) is 0 Å². The number of phenols is 1. The topological polar surface area (TPSA) is 36.0 Å². The molecule has 1 aromatic heterocycles. The Balaban J connectivity index is 1.40. The van der Waals surface area contributed by atoms with Crippen molar-refractivity contribution in [1.29, 1.82) is 0 Å². The minimum absolute atomic E-state index is 0.137. The number of hydrogen-bond acceptors (Lipinski definition) is 1. The third-order valence-electron chi connectivity index (χ3n) is 9.91. The van der Waals surface area contributed by atoms with Gasteiger partial charge in [0.15, 0.2) is 0 Å². The van der Waals surface area contributed by atoms with Crippen molar-refractivity contribution in [2.24, 2.45) is 10.8 Å². The maximum absolute atomic E-state index is 9.94. The Kier molecular flexibility index (Phi) is 7.29. The van der Waals surface area contributed by atoms with Gasteiger partial charge in [0.2, 0.25) is 0 Å². The zero-order chi connectivity index (χ0) is 29.6. The number of nitrogens with one attached hydrogen (secondary N) is 1. The molecule has 2 heteroatoms. The summed E-state index contributed by atoms with van der Waals surface area (Å²) in [4.78, 5) is 3.77. The fraction of sp³-hybridized carbons (Fsp3) is 0.350. The number of aromatic hydroxyl groups is 1. The summed E-state index contributed by atoms with van der Waals surface area (Å²) in [5.74, 6) is 0.689. The zero-order valence-electron chi connectivity index (χ0n) is 26.1. The number of hydrogen-bond donors (Lipinski definition) is 2. The highest BCUT2D eigenvalue weighted by molar-refractivity contribution is 6.20. The summed E-state index contributed by atoms with van der Waals surface area (Å²) in [5, 5.41) is 17.6. The Hall–Kier alpha value is -3.78. The van der Waals surface area contributed by atoms with Gasteiger partial charge in [-0.15, -0.1) is 0 Å². The molecule has 42 heavy (non-hydrogen) atoms. The van der Waals surface area contributed by atoms with E-state index in [1.165, 1.54) is 67.5 Å². The Morgan fingerprint density at radius 1 is 0.738 bits per heavy atom. The van der Waals surface area contributed by atoms with Gasteiger partial charge in [-0.05, 0) is 98.5 Å². The largest absolute Gasteiger partial charge is 0.508 e. The van der Waals surface area contributed by atoms with E-state index in [1.807, 2.05) is 12.1 Å². The number of phenolic OH excluding ortho intramolecular Hbond substituents is 1. The molecule has 6 aromatic rings. The van der Waals surface area contributed by atoms with E-state index >= 15 is 0 Å². The fourth-order valence-electron chi connectivity index (χ4n) is 7.23. The second kappa shape index (κ2) is 10.8. The minimum Gasteiger partial charge on any atom is -0.508 e. The predicted octanol–water partition coefficient (Wildman–Crippen LogP) is 11.5. The molecule has 5 aromatic carbocycles. The van der Waals surface area contributed by atoms with E-state index < -0.39 is 0 Å². The molecule has 0 amide bonds. The highest BCUT2D eigenvalue weighted by atomic mass is 16.3. The van der Waals surface area contributed by atoms with Crippen LogP contribution in [0.3, 0.4) is 0 Å². The first-order valence-electron chi connectivity index (χ1n) is 15.8. The van der Waals surface area contributed by atoms with Crippen LogP contribution >= 0.6 is 0 Å². The fourth-order valence-corrected chi connectivity index (χ4v) is 7.23. The first kappa shape index (κ1) is 28.3. The van der Waals surface area contributed by atoms with Crippen LogP contribution in [0.25, 0.3) is 43.4 Å². The van der Waals surface area contributed by atoms with Crippen molar-refractivity contribution in [2.75, 3.05) is 0 Å². The summed E-state index contributed by atoms with van der Waals surface area (Å²) in [5.41, 5.74) is 7.03. The van der Waals surface area contributed by atoms with Crippen molar-refractivity contribution < 1.29 is 5.11 Å². The highest BCUT2D eigenvalue weighted by Crippen LogP contribution is 2.43. The molecule has 0 radical (unpaired) electrons. The Morgan fingerprint density at radius 3 is 2.29 bits per heavy atom. The molecule has 0 aliphatic heterocycles. The number of benzene rings is 5. The Bertz CT molecular complexity index is 1900. The maximum Gasteiger partial charge on any atom is 0.116 e. The second-order valence-corrected chi connectivity index (χ2v) is 14.0. The van der Waals surface area contributed by atoms with Gasteiger partial charge in [-0.3, -0.25) is 0 Å². The number of aromatic amines is 1. The normalized spacial score (nSPS) is 13.5. The van der Waals surface area contributed by atoms with Gasteiger partial charge in [0.05, 0.1) is 0 Å². The van der Waals surface area contributed by atoms with Crippen LogP contribution in [0.4, 0.5) is 0 Å². The summed E-state index contributed by atoms with van der Waals surface area (Å²) in [7, 11) is 0. The molecule has 2 N–H and O–H groups in total. The van der Waals surface area contributed by atoms with Crippen LogP contribution in [0.1, 0.15) is 83.4 Å². The van der Waals surface area contributed by atoms with E-state index in [0.29, 0.717) is 17.1 Å². The highest BCUT2D eigenvalue weighted by Gasteiger charge is 2.30. The van der Waals surface area contributed by atoms with Crippen molar-refractivity contribution >= 4 is 43.4 Å². The summed E-state index contributed by atoms with van der Waals surface area (Å²) in [6.07, 6.45) is 5.63. The minimum atomic E-state index is 0.137. The smallest absolute Gasteiger partial charge is 0.116 e. The van der Waals surface area contributed by atoms with Crippen LogP contribution in [0.2, 0.25) is 0 Å². The maximum atomic E-state index is 9.94. The second-order valence-electron chi connectivity index (χ2n) is 14.0. The van der Waals surface area contributed by atoms with Gasteiger partial charge in [0, 0.05) is 21.8 Å². The summed E-state index contributed by atoms with van der Waals surface area (Å²) >= 11 is 0. The summed E-state index contributed by atoms with van der Waals surface area (Å²) in [6, 6.07) is 31.0. The number of H-pyrrole nitrogens is 1. The molecule has 1 heterocycles. The van der Waals surface area contributed by atoms with Crippen LogP contribution in [-0.4, -0.2) is 10.1 Å². The van der Waals surface area contributed by atoms with Crippen molar-refractivity contribution in [3.05, 3.63) is 102 Å². The van der Waals surface area contributed by atoms with Crippen LogP contribution in [0, 0.1) is 10.8 Å². The van der Waals surface area contributed by atoms with Crippen LogP contribution in [-0.2, 0) is 12.8 Å². The lowest BCUT2D eigenvalue weighted by Gasteiger charge is -2.34. The lowest BCUT2D eigenvalue weighted by molar-refractivity contribution is 0.271. The first-order chi connectivity index (χ1) is 20.1. The predicted molar refractivity (Wildman–Crippen MR) is 182 cm³/mol. The average Bonchev–Trinajstić information content (AvgIpc) is 3.34. The molecule has 1 unspecified atom stereocenters. The van der Waals surface area contributed by atoms with E-state index in [1.54, 1.807) is 6.07 Å². The van der Waals surface area contributed by atoms with Gasteiger partial charge >= 0.3 is 0 Å². The van der Waals surface area contributed by atoms with Gasteiger partial charge < -0.3 is 10.1 Å². The number of rotatable bonds is 9. The van der Waals surface area contributed by atoms with Crippen LogP contribution < -0.4 is 0 Å². The van der Waals surface area contributed by atoms with Gasteiger partial charge in [-0.25, -0.2) is 0 Å². The molecule has 6 rings (SSSR count). The van der Waals surface area contributed by atoms with Crippen LogP contribution in [0.5, 0.6) is 5.75 Å². The molecule has 0 aliphatic rings. The molecule has 0 fully saturated rings. The van der Waals surface area contributed by atoms with Crippen molar-refractivity contribution in [3.8, 4) is 5.75 Å². The summed E-state index contributed by atoms with van der Waals surface area (Å²) in [6.45, 7) is 14.2.